The molecule has 190 valence electrons. The highest BCUT2D eigenvalue weighted by Crippen LogP contribution is 2.43. The van der Waals surface area contributed by atoms with Crippen molar-refractivity contribution in [2.75, 3.05) is 44.5 Å². The van der Waals surface area contributed by atoms with Crippen LogP contribution in [-0.4, -0.2) is 55.8 Å². The highest BCUT2D eigenvalue weighted by molar-refractivity contribution is 6.00. The number of aryl methyl sites for hydroxylation is 1. The zero-order valence-corrected chi connectivity index (χ0v) is 20.3. The Bertz CT molecular complexity index is 1380. The van der Waals surface area contributed by atoms with E-state index in [0.29, 0.717) is 24.7 Å². The number of nitrogens with zero attached hydrogens (tertiary/aromatic N) is 1. The number of esters is 1. The molecule has 3 N–H and O–H groups in total. The second-order valence-corrected chi connectivity index (χ2v) is 9.14. The third-order valence-corrected chi connectivity index (χ3v) is 6.27. The number of ether oxygens (including phenoxy) is 2. The number of aromatic hydroxyl groups is 1. The Balaban J connectivity index is 1.61. The lowest BCUT2D eigenvalue weighted by Crippen LogP contribution is -2.49. The van der Waals surface area contributed by atoms with Gasteiger partial charge in [0.15, 0.2) is 5.75 Å². The molecule has 0 aliphatic carbocycles. The number of hydrogen-bond acceptors (Lipinski definition) is 10. The van der Waals surface area contributed by atoms with Crippen molar-refractivity contribution >= 4 is 28.9 Å². The summed E-state index contributed by atoms with van der Waals surface area (Å²) in [5.74, 6) is -0.383. The highest BCUT2D eigenvalue weighted by atomic mass is 16.5. The number of carbonyl (C=O) groups is 2. The first-order valence-corrected chi connectivity index (χ1v) is 11.2. The second kappa shape index (κ2) is 9.50. The van der Waals surface area contributed by atoms with Gasteiger partial charge >= 0.3 is 5.97 Å². The summed E-state index contributed by atoms with van der Waals surface area (Å²) in [5.41, 5.74) is -1.89. The molecule has 1 amide bonds. The number of furan rings is 1. The summed E-state index contributed by atoms with van der Waals surface area (Å²) in [4.78, 5) is 50.3. The van der Waals surface area contributed by atoms with Crippen molar-refractivity contribution < 1.29 is 28.6 Å². The van der Waals surface area contributed by atoms with Gasteiger partial charge in [0.25, 0.3) is 16.8 Å². The minimum Gasteiger partial charge on any atom is -0.505 e. The molecule has 1 aliphatic rings. The van der Waals surface area contributed by atoms with E-state index >= 15 is 0 Å². The molecule has 0 spiro atoms. The van der Waals surface area contributed by atoms with Crippen molar-refractivity contribution in [1.82, 2.24) is 4.90 Å². The Morgan fingerprint density at radius 3 is 2.44 bits per heavy atom. The molecule has 1 atom stereocenters. The summed E-state index contributed by atoms with van der Waals surface area (Å²) in [7, 11) is 2.59. The largest absolute Gasteiger partial charge is 0.505 e. The lowest BCUT2D eigenvalue weighted by atomic mass is 9.79. The lowest BCUT2D eigenvalue weighted by Gasteiger charge is -2.44. The topological polar surface area (TPSA) is 147 Å². The van der Waals surface area contributed by atoms with Crippen LogP contribution < -0.4 is 21.5 Å². The van der Waals surface area contributed by atoms with Gasteiger partial charge < -0.3 is 34.5 Å². The molecule has 11 heteroatoms. The normalized spacial score (nSPS) is 15.1. The Hall–Kier alpha value is -4.12. The molecular formula is C25H27N3O8. The van der Waals surface area contributed by atoms with Crippen molar-refractivity contribution in [3.05, 3.63) is 67.9 Å². The number of rotatable bonds is 9. The number of anilines is 3. The second-order valence-electron chi connectivity index (χ2n) is 9.14. The Morgan fingerprint density at radius 1 is 1.17 bits per heavy atom. The lowest BCUT2D eigenvalue weighted by molar-refractivity contribution is -0.141. The number of benzene rings is 1. The third-order valence-electron chi connectivity index (χ3n) is 6.27. The molecule has 1 unspecified atom stereocenters. The van der Waals surface area contributed by atoms with Crippen molar-refractivity contribution in [1.29, 1.82) is 0 Å². The molecular weight excluding hydrogens is 470 g/mol. The van der Waals surface area contributed by atoms with Crippen LogP contribution in [-0.2, 0) is 14.3 Å². The van der Waals surface area contributed by atoms with Crippen LogP contribution in [0.5, 0.6) is 5.75 Å². The molecule has 11 nitrogen and oxygen atoms in total. The summed E-state index contributed by atoms with van der Waals surface area (Å²) >= 11 is 0. The van der Waals surface area contributed by atoms with Crippen LogP contribution in [0.1, 0.15) is 34.8 Å². The smallest absolute Gasteiger partial charge is 0.325 e. The van der Waals surface area contributed by atoms with Crippen LogP contribution in [0.15, 0.2) is 44.3 Å². The van der Waals surface area contributed by atoms with Gasteiger partial charge in [0.2, 0.25) is 0 Å². The summed E-state index contributed by atoms with van der Waals surface area (Å²) < 4.78 is 15.8. The zero-order valence-electron chi connectivity index (χ0n) is 20.3. The fourth-order valence-corrected chi connectivity index (χ4v) is 4.07. The molecule has 1 fully saturated rings. The number of para-hydroxylation sites is 1. The van der Waals surface area contributed by atoms with E-state index in [4.69, 9.17) is 9.15 Å². The maximum atomic E-state index is 12.7. The molecule has 36 heavy (non-hydrogen) atoms. The zero-order chi connectivity index (χ0) is 26.2. The van der Waals surface area contributed by atoms with Gasteiger partial charge in [0.05, 0.1) is 37.6 Å². The molecule has 0 saturated carbocycles. The molecule has 1 aromatic heterocycles. The first kappa shape index (κ1) is 25.0. The van der Waals surface area contributed by atoms with Gasteiger partial charge in [-0.3, -0.25) is 19.2 Å². The summed E-state index contributed by atoms with van der Waals surface area (Å²) in [6.45, 7) is 4.36. The minimum atomic E-state index is -0.763. The van der Waals surface area contributed by atoms with Crippen molar-refractivity contribution in [3.63, 3.8) is 0 Å². The number of amides is 1. The van der Waals surface area contributed by atoms with E-state index in [9.17, 15) is 24.3 Å². The maximum Gasteiger partial charge on any atom is 0.325 e. The van der Waals surface area contributed by atoms with Crippen LogP contribution in [0.4, 0.5) is 17.1 Å². The van der Waals surface area contributed by atoms with Gasteiger partial charge in [-0.25, -0.2) is 0 Å². The minimum absolute atomic E-state index is 0.0417. The Morgan fingerprint density at radius 2 is 1.86 bits per heavy atom. The van der Waals surface area contributed by atoms with Crippen LogP contribution >= 0.6 is 0 Å². The Labute approximate surface area is 206 Å². The first-order chi connectivity index (χ1) is 17.1. The van der Waals surface area contributed by atoms with Crippen LogP contribution in [0.3, 0.4) is 0 Å². The molecule has 4 rings (SSSR count). The Kier molecular flexibility index (Phi) is 6.59. The van der Waals surface area contributed by atoms with Crippen molar-refractivity contribution in [2.24, 2.45) is 5.41 Å². The van der Waals surface area contributed by atoms with Gasteiger partial charge in [-0.2, -0.15) is 0 Å². The molecule has 1 saturated heterocycles. The van der Waals surface area contributed by atoms with Crippen LogP contribution in [0, 0.1) is 12.3 Å². The van der Waals surface area contributed by atoms with Gasteiger partial charge in [0, 0.05) is 12.5 Å². The number of carbonyl (C=O) groups excluding carboxylic acids is 2. The molecule has 1 aliphatic heterocycles. The van der Waals surface area contributed by atoms with E-state index in [-0.39, 0.29) is 34.6 Å². The van der Waals surface area contributed by atoms with E-state index in [2.05, 4.69) is 15.4 Å². The van der Waals surface area contributed by atoms with Crippen molar-refractivity contribution in [3.8, 4) is 5.75 Å². The molecule has 2 aromatic carbocycles. The number of phenolic OH excluding ortho intramolecular Hbond substituents is 1. The fraction of sp³-hybridized carbons (Fsp3) is 0.360. The number of methoxy groups -OCH3 is 1. The predicted molar refractivity (Wildman–Crippen MR) is 130 cm³/mol. The predicted octanol–water partition coefficient (Wildman–Crippen LogP) is 2.07. The maximum absolute atomic E-state index is 12.7. The number of phenols is 1. The summed E-state index contributed by atoms with van der Waals surface area (Å²) in [6.07, 6.45) is 0. The van der Waals surface area contributed by atoms with E-state index < -0.39 is 34.5 Å². The highest BCUT2D eigenvalue weighted by Gasteiger charge is 2.45. The quantitative estimate of drug-likeness (QED) is 0.228. The number of hydrogen-bond donors (Lipinski definition) is 3. The molecule has 0 radical (unpaired) electrons. The van der Waals surface area contributed by atoms with Crippen LogP contribution in [0.25, 0.3) is 0 Å². The van der Waals surface area contributed by atoms with Gasteiger partial charge in [0.1, 0.15) is 29.4 Å². The SMILES string of the molecule is COC(=O)CN(C)C(=O)c1cccc(Nc2c(NC(c3ccc(C)o3)C3(C)COC3)c(=O)c2=O)c1O. The molecule has 2 heterocycles. The van der Waals surface area contributed by atoms with Gasteiger partial charge in [-0.1, -0.05) is 13.0 Å². The third kappa shape index (κ3) is 4.44. The summed E-state index contributed by atoms with van der Waals surface area (Å²) in [5, 5.41) is 16.7. The number of likely N-dealkylation sites (N-methyl/N-ethyl adjacent to an activating group) is 1. The standard InChI is InChI=1S/C25H27N3O8/c1-13-8-9-16(36-13)23(25(2)11-35-12-25)27-19-18(21(31)22(19)32)26-15-7-5-6-14(20(15)30)24(33)28(3)10-17(29)34-4/h5-9,23,26-27,30H,10-12H2,1-4H3. The van der Waals surface area contributed by atoms with E-state index in [1.54, 1.807) is 6.07 Å². The average molecular weight is 498 g/mol. The molecule has 3 aromatic rings. The van der Waals surface area contributed by atoms with E-state index in [1.165, 1.54) is 32.4 Å². The average Bonchev–Trinajstić information content (AvgIpc) is 3.27. The van der Waals surface area contributed by atoms with E-state index in [0.717, 1.165) is 4.90 Å². The molecule has 0 bridgehead atoms. The first-order valence-electron chi connectivity index (χ1n) is 11.2. The van der Waals surface area contributed by atoms with Gasteiger partial charge in [-0.15, -0.1) is 0 Å². The van der Waals surface area contributed by atoms with Crippen LogP contribution in [0.2, 0.25) is 0 Å². The number of nitrogens with one attached hydrogen (secondary N) is 2. The fourth-order valence-electron chi connectivity index (χ4n) is 4.07. The van der Waals surface area contributed by atoms with E-state index in [1.807, 2.05) is 19.9 Å². The summed E-state index contributed by atoms with van der Waals surface area (Å²) in [6, 6.07) is 7.51. The van der Waals surface area contributed by atoms with Gasteiger partial charge in [-0.05, 0) is 31.2 Å². The monoisotopic (exact) mass is 497 g/mol. The van der Waals surface area contributed by atoms with Crippen molar-refractivity contribution in [2.45, 2.75) is 19.9 Å².